The molecule has 0 aliphatic rings. The van der Waals surface area contributed by atoms with Gasteiger partial charge in [-0.25, -0.2) is 0 Å². The predicted octanol–water partition coefficient (Wildman–Crippen LogP) is 3.31. The van der Waals surface area contributed by atoms with Crippen molar-refractivity contribution >= 4 is 0 Å². The fraction of sp³-hybridized carbons (Fsp3) is 1.00. The maximum absolute atomic E-state index is 5.87. The van der Waals surface area contributed by atoms with Crippen LogP contribution in [0.1, 0.15) is 66.2 Å². The van der Waals surface area contributed by atoms with Crippen molar-refractivity contribution < 1.29 is 0 Å². The van der Waals surface area contributed by atoms with Gasteiger partial charge >= 0.3 is 0 Å². The molecule has 0 saturated heterocycles. The first-order valence-corrected chi connectivity index (χ1v) is 6.99. The number of nitrogens with two attached hydrogens (primary N) is 1. The van der Waals surface area contributed by atoms with Crippen LogP contribution in [0.25, 0.3) is 0 Å². The molecule has 1 atom stereocenters. The summed E-state index contributed by atoms with van der Waals surface area (Å²) >= 11 is 0. The van der Waals surface area contributed by atoms with Crippen LogP contribution in [0.15, 0.2) is 0 Å². The zero-order valence-electron chi connectivity index (χ0n) is 11.8. The summed E-state index contributed by atoms with van der Waals surface area (Å²) in [6.45, 7) is 10.8. The molecule has 98 valence electrons. The average molecular weight is 228 g/mol. The van der Waals surface area contributed by atoms with Gasteiger partial charge in [0.05, 0.1) is 0 Å². The largest absolute Gasteiger partial charge is 0.329 e. The molecule has 0 heterocycles. The molecular weight excluding hydrogens is 196 g/mol. The summed E-state index contributed by atoms with van der Waals surface area (Å²) in [6, 6.07) is 0. The topological polar surface area (TPSA) is 38.0 Å². The van der Waals surface area contributed by atoms with Crippen LogP contribution in [0, 0.1) is 5.92 Å². The van der Waals surface area contributed by atoms with Gasteiger partial charge in [0.2, 0.25) is 0 Å². The Morgan fingerprint density at radius 2 is 1.75 bits per heavy atom. The van der Waals surface area contributed by atoms with Crippen molar-refractivity contribution in [3.63, 3.8) is 0 Å². The molecule has 0 aliphatic heterocycles. The molecule has 0 fully saturated rings. The molecule has 0 bridgehead atoms. The third kappa shape index (κ3) is 8.12. The molecule has 0 saturated carbocycles. The maximum atomic E-state index is 5.87. The number of hydrogen-bond donors (Lipinski definition) is 2. The lowest BCUT2D eigenvalue weighted by Crippen LogP contribution is -2.49. The van der Waals surface area contributed by atoms with Crippen LogP contribution in [0.3, 0.4) is 0 Å². The Labute approximate surface area is 102 Å². The molecule has 0 aromatic heterocycles. The van der Waals surface area contributed by atoms with Gasteiger partial charge in [0.1, 0.15) is 0 Å². The van der Waals surface area contributed by atoms with Gasteiger partial charge in [0.15, 0.2) is 0 Å². The van der Waals surface area contributed by atoms with Crippen molar-refractivity contribution in [1.29, 1.82) is 0 Å². The molecule has 0 aliphatic carbocycles. The normalized spacial score (nSPS) is 15.4. The molecule has 0 aromatic carbocycles. The standard InChI is InChI=1S/C14H32N2/c1-5-6-7-8-9-10-14(4,12-15)16-11-13(2)3/h13,16H,5-12,15H2,1-4H3. The fourth-order valence-electron chi connectivity index (χ4n) is 1.83. The summed E-state index contributed by atoms with van der Waals surface area (Å²) in [6.07, 6.45) is 7.94. The van der Waals surface area contributed by atoms with Crippen LogP contribution in [0.2, 0.25) is 0 Å². The minimum absolute atomic E-state index is 0.149. The van der Waals surface area contributed by atoms with Crippen LogP contribution < -0.4 is 11.1 Å². The second kappa shape index (κ2) is 9.00. The van der Waals surface area contributed by atoms with Gasteiger partial charge in [0.25, 0.3) is 0 Å². The summed E-state index contributed by atoms with van der Waals surface area (Å²) in [4.78, 5) is 0. The molecule has 0 amide bonds. The van der Waals surface area contributed by atoms with E-state index in [-0.39, 0.29) is 5.54 Å². The van der Waals surface area contributed by atoms with Crippen LogP contribution in [-0.2, 0) is 0 Å². The predicted molar refractivity (Wildman–Crippen MR) is 73.7 cm³/mol. The van der Waals surface area contributed by atoms with E-state index in [0.29, 0.717) is 5.92 Å². The van der Waals surface area contributed by atoms with Gasteiger partial charge in [-0.2, -0.15) is 0 Å². The van der Waals surface area contributed by atoms with Crippen LogP contribution >= 0.6 is 0 Å². The Kier molecular flexibility index (Phi) is 8.96. The number of rotatable bonds is 10. The lowest BCUT2D eigenvalue weighted by molar-refractivity contribution is 0.311. The van der Waals surface area contributed by atoms with Gasteiger partial charge < -0.3 is 11.1 Å². The van der Waals surface area contributed by atoms with Crippen molar-refractivity contribution in [2.45, 2.75) is 71.8 Å². The van der Waals surface area contributed by atoms with E-state index in [4.69, 9.17) is 5.73 Å². The van der Waals surface area contributed by atoms with E-state index in [2.05, 4.69) is 33.0 Å². The zero-order chi connectivity index (χ0) is 12.4. The molecule has 0 spiro atoms. The molecule has 0 rings (SSSR count). The molecule has 1 unspecified atom stereocenters. The van der Waals surface area contributed by atoms with Crippen LogP contribution in [0.5, 0.6) is 0 Å². The third-order valence-electron chi connectivity index (χ3n) is 3.22. The summed E-state index contributed by atoms with van der Waals surface area (Å²) in [5.41, 5.74) is 6.02. The third-order valence-corrected chi connectivity index (χ3v) is 3.22. The zero-order valence-corrected chi connectivity index (χ0v) is 11.8. The number of hydrogen-bond acceptors (Lipinski definition) is 2. The molecule has 2 nitrogen and oxygen atoms in total. The van der Waals surface area contributed by atoms with E-state index in [1.165, 1.54) is 38.5 Å². The molecule has 3 N–H and O–H groups in total. The molecule has 0 radical (unpaired) electrons. The first kappa shape index (κ1) is 15.9. The van der Waals surface area contributed by atoms with Crippen molar-refractivity contribution in [3.8, 4) is 0 Å². The van der Waals surface area contributed by atoms with Crippen molar-refractivity contribution in [2.24, 2.45) is 11.7 Å². The van der Waals surface area contributed by atoms with Crippen LogP contribution in [0.4, 0.5) is 0 Å². The van der Waals surface area contributed by atoms with E-state index >= 15 is 0 Å². The fourth-order valence-corrected chi connectivity index (χ4v) is 1.83. The second-order valence-electron chi connectivity index (χ2n) is 5.70. The quantitative estimate of drug-likeness (QED) is 0.563. The summed E-state index contributed by atoms with van der Waals surface area (Å²) in [7, 11) is 0. The smallest absolute Gasteiger partial charge is 0.0275 e. The summed E-state index contributed by atoms with van der Waals surface area (Å²) < 4.78 is 0. The Bertz CT molecular complexity index is 157. The van der Waals surface area contributed by atoms with E-state index in [9.17, 15) is 0 Å². The van der Waals surface area contributed by atoms with Gasteiger partial charge in [-0.05, 0) is 25.8 Å². The lowest BCUT2D eigenvalue weighted by atomic mass is 9.93. The Balaban J connectivity index is 3.69. The highest BCUT2D eigenvalue weighted by atomic mass is 15.0. The minimum Gasteiger partial charge on any atom is -0.329 e. The highest BCUT2D eigenvalue weighted by Gasteiger charge is 2.20. The first-order chi connectivity index (χ1) is 7.54. The lowest BCUT2D eigenvalue weighted by Gasteiger charge is -2.30. The Morgan fingerprint density at radius 1 is 1.12 bits per heavy atom. The number of unbranched alkanes of at least 4 members (excludes halogenated alkanes) is 4. The van der Waals surface area contributed by atoms with E-state index < -0.39 is 0 Å². The minimum atomic E-state index is 0.149. The second-order valence-corrected chi connectivity index (χ2v) is 5.70. The van der Waals surface area contributed by atoms with Crippen molar-refractivity contribution in [3.05, 3.63) is 0 Å². The molecule has 16 heavy (non-hydrogen) atoms. The molecule has 2 heteroatoms. The Hall–Kier alpha value is -0.0800. The SMILES string of the molecule is CCCCCCCC(C)(CN)NCC(C)C. The summed E-state index contributed by atoms with van der Waals surface area (Å²) in [5.74, 6) is 0.700. The van der Waals surface area contributed by atoms with Crippen molar-refractivity contribution in [1.82, 2.24) is 5.32 Å². The van der Waals surface area contributed by atoms with E-state index in [1.807, 2.05) is 0 Å². The first-order valence-electron chi connectivity index (χ1n) is 6.99. The Morgan fingerprint density at radius 3 is 2.25 bits per heavy atom. The molecular formula is C14H32N2. The monoisotopic (exact) mass is 228 g/mol. The highest BCUT2D eigenvalue weighted by molar-refractivity contribution is 4.84. The average Bonchev–Trinajstić information content (AvgIpc) is 2.26. The van der Waals surface area contributed by atoms with E-state index in [1.54, 1.807) is 0 Å². The van der Waals surface area contributed by atoms with Gasteiger partial charge in [-0.1, -0.05) is 52.9 Å². The van der Waals surface area contributed by atoms with Crippen molar-refractivity contribution in [2.75, 3.05) is 13.1 Å². The van der Waals surface area contributed by atoms with Crippen LogP contribution in [-0.4, -0.2) is 18.6 Å². The van der Waals surface area contributed by atoms with Gasteiger partial charge in [-0.15, -0.1) is 0 Å². The van der Waals surface area contributed by atoms with Gasteiger partial charge in [-0.3, -0.25) is 0 Å². The van der Waals surface area contributed by atoms with E-state index in [0.717, 1.165) is 13.1 Å². The van der Waals surface area contributed by atoms with Gasteiger partial charge in [0, 0.05) is 12.1 Å². The summed E-state index contributed by atoms with van der Waals surface area (Å²) in [5, 5.41) is 3.61. The number of nitrogens with one attached hydrogen (secondary N) is 1. The molecule has 0 aromatic rings. The highest BCUT2D eigenvalue weighted by Crippen LogP contribution is 2.15. The maximum Gasteiger partial charge on any atom is 0.0275 e.